The molecule has 0 amide bonds. The van der Waals surface area contributed by atoms with Crippen LogP contribution in [-0.2, 0) is 12.1 Å². The number of pyridine rings is 1. The third kappa shape index (κ3) is 4.40. The standard InChI is InChI=1S/C27H34N6O/c1-7-27(5,6)33-25(29-30-31-33)24(32(8-2)17-20-12-10-9-11-13-20)22-16-21-18(3)14-15-19(4)23(21)28-26(22)34/h9-16,24H,7-8,17H2,1-6H3,(H,28,34)/t24-/m0/s1. The van der Waals surface area contributed by atoms with E-state index >= 15 is 0 Å². The zero-order chi connectivity index (χ0) is 24.5. The number of rotatable bonds is 8. The highest BCUT2D eigenvalue weighted by molar-refractivity contribution is 5.85. The van der Waals surface area contributed by atoms with Gasteiger partial charge in [0.2, 0.25) is 0 Å². The lowest BCUT2D eigenvalue weighted by Crippen LogP contribution is -2.38. The Balaban J connectivity index is 1.96. The van der Waals surface area contributed by atoms with E-state index in [2.05, 4.69) is 78.2 Å². The molecule has 0 aliphatic carbocycles. The van der Waals surface area contributed by atoms with Crippen LogP contribution in [0.1, 0.15) is 68.2 Å². The SMILES string of the molecule is CCN(Cc1ccccc1)[C@@H](c1cc2c(C)ccc(C)c2[nH]c1=O)c1nnnn1C(C)(C)CC. The minimum absolute atomic E-state index is 0.110. The van der Waals surface area contributed by atoms with Gasteiger partial charge in [0.25, 0.3) is 5.56 Å². The molecule has 0 bridgehead atoms. The first kappa shape index (κ1) is 23.8. The van der Waals surface area contributed by atoms with E-state index in [1.165, 1.54) is 5.56 Å². The normalized spacial score (nSPS) is 13.0. The average molecular weight is 459 g/mol. The zero-order valence-corrected chi connectivity index (χ0v) is 21.0. The van der Waals surface area contributed by atoms with Crippen molar-refractivity contribution in [2.24, 2.45) is 0 Å². The maximum atomic E-state index is 13.6. The van der Waals surface area contributed by atoms with Gasteiger partial charge in [-0.1, -0.05) is 56.3 Å². The fourth-order valence-corrected chi connectivity index (χ4v) is 4.44. The van der Waals surface area contributed by atoms with Crippen LogP contribution in [0.15, 0.2) is 53.3 Å². The van der Waals surface area contributed by atoms with Gasteiger partial charge in [-0.05, 0) is 73.8 Å². The van der Waals surface area contributed by atoms with Crippen molar-refractivity contribution in [3.05, 3.63) is 87.0 Å². The highest BCUT2D eigenvalue weighted by Gasteiger charge is 2.34. The number of fused-ring (bicyclic) bond motifs is 1. The number of hydrogen-bond donors (Lipinski definition) is 1. The van der Waals surface area contributed by atoms with Crippen molar-refractivity contribution >= 4 is 10.9 Å². The fourth-order valence-electron chi connectivity index (χ4n) is 4.44. The molecule has 2 aromatic heterocycles. The van der Waals surface area contributed by atoms with Gasteiger partial charge >= 0.3 is 0 Å². The Morgan fingerprint density at radius 2 is 1.76 bits per heavy atom. The summed E-state index contributed by atoms with van der Waals surface area (Å²) >= 11 is 0. The van der Waals surface area contributed by atoms with Crippen molar-refractivity contribution in [1.82, 2.24) is 30.1 Å². The van der Waals surface area contributed by atoms with Crippen LogP contribution in [0.5, 0.6) is 0 Å². The molecule has 0 unspecified atom stereocenters. The van der Waals surface area contributed by atoms with E-state index in [1.54, 1.807) is 0 Å². The van der Waals surface area contributed by atoms with Crippen LogP contribution in [0.3, 0.4) is 0 Å². The lowest BCUT2D eigenvalue weighted by molar-refractivity contribution is 0.197. The number of aryl methyl sites for hydroxylation is 2. The van der Waals surface area contributed by atoms with E-state index < -0.39 is 6.04 Å². The van der Waals surface area contributed by atoms with Crippen LogP contribution >= 0.6 is 0 Å². The molecule has 7 heteroatoms. The highest BCUT2D eigenvalue weighted by atomic mass is 16.1. The molecular formula is C27H34N6O. The van der Waals surface area contributed by atoms with E-state index in [0.29, 0.717) is 17.9 Å². The molecular weight excluding hydrogens is 424 g/mol. The molecule has 1 N–H and O–H groups in total. The van der Waals surface area contributed by atoms with E-state index in [9.17, 15) is 4.79 Å². The fraction of sp³-hybridized carbons (Fsp3) is 0.407. The number of aromatic nitrogens is 5. The van der Waals surface area contributed by atoms with E-state index in [1.807, 2.05) is 41.9 Å². The largest absolute Gasteiger partial charge is 0.321 e. The molecule has 0 radical (unpaired) electrons. The summed E-state index contributed by atoms with van der Waals surface area (Å²) in [6, 6.07) is 16.1. The highest BCUT2D eigenvalue weighted by Crippen LogP contribution is 2.32. The van der Waals surface area contributed by atoms with Crippen molar-refractivity contribution in [3.63, 3.8) is 0 Å². The lowest BCUT2D eigenvalue weighted by atomic mass is 9.97. The van der Waals surface area contributed by atoms with Gasteiger partial charge in [0, 0.05) is 17.5 Å². The lowest BCUT2D eigenvalue weighted by Gasteiger charge is -2.33. The Labute approximate surface area is 200 Å². The van der Waals surface area contributed by atoms with Gasteiger partial charge in [0.1, 0.15) is 6.04 Å². The van der Waals surface area contributed by atoms with Crippen LogP contribution in [0, 0.1) is 13.8 Å². The van der Waals surface area contributed by atoms with Crippen LogP contribution in [-0.4, -0.2) is 36.6 Å². The third-order valence-corrected chi connectivity index (χ3v) is 6.94. The van der Waals surface area contributed by atoms with E-state index in [4.69, 9.17) is 0 Å². The Morgan fingerprint density at radius 1 is 1.06 bits per heavy atom. The van der Waals surface area contributed by atoms with Crippen LogP contribution in [0.2, 0.25) is 0 Å². The Bertz CT molecular complexity index is 1340. The smallest absolute Gasteiger partial charge is 0.253 e. The van der Waals surface area contributed by atoms with E-state index in [-0.39, 0.29) is 11.1 Å². The molecule has 1 atom stereocenters. The maximum Gasteiger partial charge on any atom is 0.253 e. The van der Waals surface area contributed by atoms with Crippen molar-refractivity contribution in [3.8, 4) is 0 Å². The molecule has 4 aromatic rings. The summed E-state index contributed by atoms with van der Waals surface area (Å²) < 4.78 is 1.89. The van der Waals surface area contributed by atoms with Gasteiger partial charge in [-0.2, -0.15) is 0 Å². The molecule has 7 nitrogen and oxygen atoms in total. The number of tetrazole rings is 1. The number of hydrogen-bond acceptors (Lipinski definition) is 5. The van der Waals surface area contributed by atoms with Crippen molar-refractivity contribution in [2.75, 3.05) is 6.54 Å². The van der Waals surface area contributed by atoms with Gasteiger partial charge in [0.15, 0.2) is 5.82 Å². The molecule has 178 valence electrons. The second kappa shape index (κ2) is 9.50. The molecule has 2 aromatic carbocycles. The first-order chi connectivity index (χ1) is 16.3. The predicted molar refractivity (Wildman–Crippen MR) is 136 cm³/mol. The van der Waals surface area contributed by atoms with Gasteiger partial charge in [0.05, 0.1) is 11.1 Å². The van der Waals surface area contributed by atoms with E-state index in [0.717, 1.165) is 35.0 Å². The summed E-state index contributed by atoms with van der Waals surface area (Å²) in [4.78, 5) is 19.0. The minimum Gasteiger partial charge on any atom is -0.321 e. The molecule has 0 saturated carbocycles. The second-order valence-electron chi connectivity index (χ2n) is 9.61. The number of aromatic amines is 1. The number of nitrogens with one attached hydrogen (secondary N) is 1. The maximum absolute atomic E-state index is 13.6. The quantitative estimate of drug-likeness (QED) is 0.407. The minimum atomic E-state index is -0.404. The molecule has 0 fully saturated rings. The Hall–Kier alpha value is -3.32. The molecule has 2 heterocycles. The van der Waals surface area contributed by atoms with Gasteiger partial charge < -0.3 is 4.98 Å². The summed E-state index contributed by atoms with van der Waals surface area (Å²) in [7, 11) is 0. The Morgan fingerprint density at radius 3 is 2.44 bits per heavy atom. The van der Waals surface area contributed by atoms with Gasteiger partial charge in [-0.25, -0.2) is 4.68 Å². The zero-order valence-electron chi connectivity index (χ0n) is 21.0. The second-order valence-corrected chi connectivity index (χ2v) is 9.61. The number of benzene rings is 2. The molecule has 34 heavy (non-hydrogen) atoms. The predicted octanol–water partition coefficient (Wildman–Crippen LogP) is 4.89. The van der Waals surface area contributed by atoms with Crippen LogP contribution in [0.4, 0.5) is 0 Å². The Kier molecular flexibility index (Phi) is 6.66. The number of nitrogens with zero attached hydrogens (tertiary/aromatic N) is 5. The summed E-state index contributed by atoms with van der Waals surface area (Å²) in [5, 5.41) is 14.0. The van der Waals surface area contributed by atoms with Gasteiger partial charge in [-0.15, -0.1) is 5.10 Å². The van der Waals surface area contributed by atoms with Gasteiger partial charge in [-0.3, -0.25) is 9.69 Å². The monoisotopic (exact) mass is 458 g/mol. The molecule has 0 aliphatic rings. The first-order valence-electron chi connectivity index (χ1n) is 12.0. The average Bonchev–Trinajstić information content (AvgIpc) is 3.33. The molecule has 0 spiro atoms. The first-order valence-corrected chi connectivity index (χ1v) is 12.0. The van der Waals surface area contributed by atoms with Crippen LogP contribution in [0.25, 0.3) is 10.9 Å². The summed E-state index contributed by atoms with van der Waals surface area (Å²) in [5.41, 5.74) is 4.48. The van der Waals surface area contributed by atoms with Crippen molar-refractivity contribution in [2.45, 2.75) is 66.1 Å². The number of H-pyrrole nitrogens is 1. The third-order valence-electron chi connectivity index (χ3n) is 6.94. The summed E-state index contributed by atoms with van der Waals surface area (Å²) in [6.45, 7) is 14.0. The molecule has 0 saturated heterocycles. The van der Waals surface area contributed by atoms with Crippen LogP contribution < -0.4 is 5.56 Å². The van der Waals surface area contributed by atoms with Crippen molar-refractivity contribution < 1.29 is 0 Å². The molecule has 0 aliphatic heterocycles. The summed E-state index contributed by atoms with van der Waals surface area (Å²) in [5.74, 6) is 0.680. The summed E-state index contributed by atoms with van der Waals surface area (Å²) in [6.07, 6.45) is 0.856. The topological polar surface area (TPSA) is 79.7 Å². The molecule has 4 rings (SSSR count). The van der Waals surface area contributed by atoms with Crippen molar-refractivity contribution in [1.29, 1.82) is 0 Å².